The lowest BCUT2D eigenvalue weighted by Gasteiger charge is -2.04. The molecule has 0 saturated carbocycles. The van der Waals surface area contributed by atoms with Crippen molar-refractivity contribution in [3.63, 3.8) is 0 Å². The van der Waals surface area contributed by atoms with Gasteiger partial charge in [-0.05, 0) is 24.1 Å². The largest absolute Gasteiger partial charge is 0.343 e. The number of rotatable bonds is 3. The van der Waals surface area contributed by atoms with Crippen LogP contribution in [0, 0.1) is 4.64 Å². The van der Waals surface area contributed by atoms with Gasteiger partial charge in [-0.2, -0.15) is 0 Å². The zero-order valence-corrected chi connectivity index (χ0v) is 10.5. The van der Waals surface area contributed by atoms with Crippen LogP contribution in [0.3, 0.4) is 0 Å². The van der Waals surface area contributed by atoms with Gasteiger partial charge in [0.05, 0.1) is 0 Å². The summed E-state index contributed by atoms with van der Waals surface area (Å²) in [5, 5.41) is 1.07. The molecular weight excluding hydrogens is 216 g/mol. The van der Waals surface area contributed by atoms with Crippen LogP contribution < -0.4 is 0 Å². The molecular formula is C13H16N2S. The van der Waals surface area contributed by atoms with Crippen molar-refractivity contribution in [3.05, 3.63) is 34.2 Å². The van der Waals surface area contributed by atoms with Gasteiger partial charge in [-0.25, -0.2) is 4.98 Å². The number of aromatic amines is 1. The van der Waals surface area contributed by atoms with Crippen molar-refractivity contribution in [3.8, 4) is 0 Å². The van der Waals surface area contributed by atoms with E-state index >= 15 is 0 Å². The number of benzene rings is 1. The molecule has 0 fully saturated rings. The van der Waals surface area contributed by atoms with E-state index in [9.17, 15) is 0 Å². The summed E-state index contributed by atoms with van der Waals surface area (Å²) < 4.78 is 0.712. The summed E-state index contributed by atoms with van der Waals surface area (Å²) in [6, 6.07) is 6.43. The number of aromatic nitrogens is 2. The highest BCUT2D eigenvalue weighted by molar-refractivity contribution is 7.71. The Balaban J connectivity index is 2.61. The standard InChI is InChI=1S/C13H16N2S/c1-3-5-9-6-7-11-10(8-9)13(16)15-12(4-2)14-11/h6-8H,3-5H2,1-2H3,(H,14,15,16). The molecule has 1 aromatic carbocycles. The summed E-state index contributed by atoms with van der Waals surface area (Å²) in [6.07, 6.45) is 3.14. The van der Waals surface area contributed by atoms with Gasteiger partial charge in [0, 0.05) is 17.3 Å². The second-order valence-corrected chi connectivity index (χ2v) is 4.36. The van der Waals surface area contributed by atoms with Crippen LogP contribution in [0.4, 0.5) is 0 Å². The van der Waals surface area contributed by atoms with Crippen LogP contribution in [0.25, 0.3) is 10.9 Å². The minimum absolute atomic E-state index is 0.712. The van der Waals surface area contributed by atoms with E-state index in [1.165, 1.54) is 5.56 Å². The molecule has 1 aromatic heterocycles. The topological polar surface area (TPSA) is 28.7 Å². The maximum absolute atomic E-state index is 5.32. The smallest absolute Gasteiger partial charge is 0.137 e. The lowest BCUT2D eigenvalue weighted by atomic mass is 10.1. The van der Waals surface area contributed by atoms with Gasteiger partial charge in [0.1, 0.15) is 10.5 Å². The zero-order valence-electron chi connectivity index (χ0n) is 9.71. The minimum Gasteiger partial charge on any atom is -0.343 e. The van der Waals surface area contributed by atoms with Gasteiger partial charge in [0.25, 0.3) is 0 Å². The van der Waals surface area contributed by atoms with E-state index in [1.807, 2.05) is 0 Å². The number of fused-ring (bicyclic) bond motifs is 1. The molecule has 0 amide bonds. The fourth-order valence-electron chi connectivity index (χ4n) is 1.86. The van der Waals surface area contributed by atoms with E-state index in [4.69, 9.17) is 12.2 Å². The van der Waals surface area contributed by atoms with Crippen LogP contribution in [0.15, 0.2) is 18.2 Å². The van der Waals surface area contributed by atoms with Crippen molar-refractivity contribution in [2.45, 2.75) is 33.1 Å². The molecule has 0 atom stereocenters. The molecule has 1 N–H and O–H groups in total. The first-order chi connectivity index (χ1) is 7.74. The van der Waals surface area contributed by atoms with Gasteiger partial charge in [-0.1, -0.05) is 38.6 Å². The number of nitrogens with zero attached hydrogens (tertiary/aromatic N) is 1. The Hall–Kier alpha value is -1.22. The van der Waals surface area contributed by atoms with Gasteiger partial charge < -0.3 is 4.98 Å². The van der Waals surface area contributed by atoms with E-state index in [0.717, 1.165) is 36.0 Å². The summed E-state index contributed by atoms with van der Waals surface area (Å²) in [7, 11) is 0. The molecule has 0 aliphatic heterocycles. The van der Waals surface area contributed by atoms with Crippen LogP contribution in [0.2, 0.25) is 0 Å². The molecule has 0 saturated heterocycles. The molecule has 1 heterocycles. The molecule has 84 valence electrons. The second-order valence-electron chi connectivity index (χ2n) is 3.97. The summed E-state index contributed by atoms with van der Waals surface area (Å²) in [5.41, 5.74) is 2.43. The molecule has 0 unspecified atom stereocenters. The summed E-state index contributed by atoms with van der Waals surface area (Å²) in [5.74, 6) is 0.959. The molecule has 0 radical (unpaired) electrons. The Kier molecular flexibility index (Phi) is 3.34. The average Bonchev–Trinajstić information content (AvgIpc) is 2.30. The highest BCUT2D eigenvalue weighted by atomic mass is 32.1. The van der Waals surface area contributed by atoms with E-state index in [-0.39, 0.29) is 0 Å². The molecule has 0 spiro atoms. The van der Waals surface area contributed by atoms with E-state index in [1.54, 1.807) is 0 Å². The first-order valence-corrected chi connectivity index (χ1v) is 6.17. The molecule has 16 heavy (non-hydrogen) atoms. The molecule has 0 aliphatic rings. The van der Waals surface area contributed by atoms with Crippen molar-refractivity contribution in [1.29, 1.82) is 0 Å². The Morgan fingerprint density at radius 1 is 1.31 bits per heavy atom. The van der Waals surface area contributed by atoms with Gasteiger partial charge in [0.2, 0.25) is 0 Å². The third kappa shape index (κ3) is 2.14. The first-order valence-electron chi connectivity index (χ1n) is 5.76. The summed E-state index contributed by atoms with van der Waals surface area (Å²) >= 11 is 5.32. The fourth-order valence-corrected chi connectivity index (χ4v) is 2.13. The van der Waals surface area contributed by atoms with Crippen molar-refractivity contribution in [2.75, 3.05) is 0 Å². The number of hydrogen-bond acceptors (Lipinski definition) is 2. The molecule has 2 aromatic rings. The van der Waals surface area contributed by atoms with Gasteiger partial charge in [-0.3, -0.25) is 0 Å². The second kappa shape index (κ2) is 4.74. The van der Waals surface area contributed by atoms with Crippen molar-refractivity contribution in [1.82, 2.24) is 9.97 Å². The van der Waals surface area contributed by atoms with Gasteiger partial charge in [-0.15, -0.1) is 0 Å². The fraction of sp³-hybridized carbons (Fsp3) is 0.385. The summed E-state index contributed by atoms with van der Waals surface area (Å²) in [4.78, 5) is 7.69. The SMILES string of the molecule is CCCc1ccc2[nH]c(CC)nc(=S)c2c1. The monoisotopic (exact) mass is 232 g/mol. The maximum Gasteiger partial charge on any atom is 0.137 e. The van der Waals surface area contributed by atoms with E-state index in [0.29, 0.717) is 4.64 Å². The van der Waals surface area contributed by atoms with Gasteiger partial charge >= 0.3 is 0 Å². The van der Waals surface area contributed by atoms with Crippen LogP contribution in [0.1, 0.15) is 31.7 Å². The Bertz CT molecular complexity index is 557. The zero-order chi connectivity index (χ0) is 11.5. The van der Waals surface area contributed by atoms with Crippen LogP contribution >= 0.6 is 12.2 Å². The first kappa shape index (κ1) is 11.3. The van der Waals surface area contributed by atoms with Crippen LogP contribution in [0.5, 0.6) is 0 Å². The number of aryl methyl sites for hydroxylation is 2. The lowest BCUT2D eigenvalue weighted by molar-refractivity contribution is 0.920. The third-order valence-electron chi connectivity index (χ3n) is 2.70. The highest BCUT2D eigenvalue weighted by Gasteiger charge is 2.01. The normalized spacial score (nSPS) is 10.9. The molecule has 2 nitrogen and oxygen atoms in total. The molecule has 0 bridgehead atoms. The van der Waals surface area contributed by atoms with Crippen LogP contribution in [-0.2, 0) is 12.8 Å². The molecule has 3 heteroatoms. The Morgan fingerprint density at radius 2 is 2.12 bits per heavy atom. The highest BCUT2D eigenvalue weighted by Crippen LogP contribution is 2.16. The number of H-pyrrole nitrogens is 1. The van der Waals surface area contributed by atoms with Crippen molar-refractivity contribution in [2.24, 2.45) is 0 Å². The maximum atomic E-state index is 5.32. The third-order valence-corrected chi connectivity index (χ3v) is 3.01. The molecule has 0 aliphatic carbocycles. The van der Waals surface area contributed by atoms with E-state index < -0.39 is 0 Å². The lowest BCUT2D eigenvalue weighted by Crippen LogP contribution is -1.95. The van der Waals surface area contributed by atoms with E-state index in [2.05, 4.69) is 42.0 Å². The van der Waals surface area contributed by atoms with Gasteiger partial charge in [0.15, 0.2) is 0 Å². The number of hydrogen-bond donors (Lipinski definition) is 1. The Morgan fingerprint density at radius 3 is 2.81 bits per heavy atom. The number of nitrogens with one attached hydrogen (secondary N) is 1. The quantitative estimate of drug-likeness (QED) is 0.815. The predicted molar refractivity (Wildman–Crippen MR) is 70.3 cm³/mol. The average molecular weight is 232 g/mol. The molecule has 2 rings (SSSR count). The predicted octanol–water partition coefficient (Wildman–Crippen LogP) is 3.81. The summed E-state index contributed by atoms with van der Waals surface area (Å²) in [6.45, 7) is 4.26. The van der Waals surface area contributed by atoms with Crippen LogP contribution in [-0.4, -0.2) is 9.97 Å². The Labute approximate surface area is 101 Å². The minimum atomic E-state index is 0.712. The van der Waals surface area contributed by atoms with Crippen molar-refractivity contribution >= 4 is 23.1 Å². The van der Waals surface area contributed by atoms with Crippen molar-refractivity contribution < 1.29 is 0 Å².